The van der Waals surface area contributed by atoms with Gasteiger partial charge in [0.2, 0.25) is 5.91 Å². The largest absolute Gasteiger partial charge is 0.316 e. The van der Waals surface area contributed by atoms with Crippen LogP contribution in [0.4, 0.5) is 4.39 Å². The van der Waals surface area contributed by atoms with Crippen LogP contribution in [0.5, 0.6) is 0 Å². The Labute approximate surface area is 128 Å². The molecule has 1 aromatic carbocycles. The van der Waals surface area contributed by atoms with Crippen LogP contribution in [0, 0.1) is 28.5 Å². The number of carbonyl (C=O) groups is 1. The van der Waals surface area contributed by atoms with Gasteiger partial charge in [-0.25, -0.2) is 4.39 Å². The summed E-state index contributed by atoms with van der Waals surface area (Å²) in [5.41, 5.74) is 1.000. The number of amides is 1. The molecule has 0 saturated heterocycles. The molecule has 1 rings (SSSR count). The van der Waals surface area contributed by atoms with E-state index in [-0.39, 0.29) is 36.5 Å². The van der Waals surface area contributed by atoms with Gasteiger partial charge in [-0.1, -0.05) is 12.1 Å². The van der Waals surface area contributed by atoms with E-state index >= 15 is 0 Å². The minimum Gasteiger partial charge on any atom is -0.316 e. The molecule has 0 aliphatic rings. The monoisotopic (exact) mass is 305 g/mol. The van der Waals surface area contributed by atoms with E-state index < -0.39 is 0 Å². The first kappa shape index (κ1) is 17.0. The predicted octanol–water partition coefficient (Wildman–Crippen LogP) is 2.89. The van der Waals surface area contributed by atoms with Crippen molar-refractivity contribution in [2.75, 3.05) is 18.8 Å². The third-order valence-electron chi connectivity index (χ3n) is 2.90. The van der Waals surface area contributed by atoms with Gasteiger partial charge in [-0.05, 0) is 24.6 Å². The fourth-order valence-electron chi connectivity index (χ4n) is 1.71. The number of halogens is 1. The summed E-state index contributed by atoms with van der Waals surface area (Å²) >= 11 is 1.58. The molecule has 0 heterocycles. The van der Waals surface area contributed by atoms with Crippen LogP contribution < -0.4 is 0 Å². The number of nitriles is 2. The quantitative estimate of drug-likeness (QED) is 0.726. The Morgan fingerprint density at radius 2 is 1.86 bits per heavy atom. The molecule has 0 fully saturated rings. The lowest BCUT2D eigenvalue weighted by Crippen LogP contribution is -2.31. The molecule has 4 nitrogen and oxygen atoms in total. The summed E-state index contributed by atoms with van der Waals surface area (Å²) in [5, 5.41) is 17.4. The summed E-state index contributed by atoms with van der Waals surface area (Å²) < 4.78 is 12.8. The summed E-state index contributed by atoms with van der Waals surface area (Å²) in [7, 11) is 0. The molecule has 1 amide bonds. The summed E-state index contributed by atoms with van der Waals surface area (Å²) in [5.74, 6) is 0.122. The van der Waals surface area contributed by atoms with Gasteiger partial charge >= 0.3 is 0 Å². The Hall–Kier alpha value is -2.05. The van der Waals surface area contributed by atoms with Crippen molar-refractivity contribution in [3.8, 4) is 12.1 Å². The third kappa shape index (κ3) is 5.85. The van der Waals surface area contributed by atoms with Crippen molar-refractivity contribution >= 4 is 17.7 Å². The standard InChI is InChI=1S/C15H16FN3OS/c1-12(13-2-4-14(16)5-3-13)21-11-6-15(20)19(9-7-17)10-8-18/h2-5,12H,6,9-11H2,1H3. The zero-order valence-electron chi connectivity index (χ0n) is 11.8. The number of carbonyl (C=O) groups excluding carboxylic acids is 1. The normalized spacial score (nSPS) is 11.2. The van der Waals surface area contributed by atoms with Crippen molar-refractivity contribution in [1.29, 1.82) is 10.5 Å². The molecule has 0 radical (unpaired) electrons. The maximum atomic E-state index is 12.8. The first-order valence-corrected chi connectivity index (χ1v) is 7.52. The lowest BCUT2D eigenvalue weighted by Gasteiger charge is -2.16. The Balaban J connectivity index is 2.42. The lowest BCUT2D eigenvalue weighted by molar-refractivity contribution is -0.129. The number of nitrogens with zero attached hydrogens (tertiary/aromatic N) is 3. The Bertz CT molecular complexity index is 532. The maximum Gasteiger partial charge on any atom is 0.225 e. The highest BCUT2D eigenvalue weighted by atomic mass is 32.2. The molecule has 0 bridgehead atoms. The minimum absolute atomic E-state index is 0.0649. The van der Waals surface area contributed by atoms with E-state index in [0.29, 0.717) is 5.75 Å². The van der Waals surface area contributed by atoms with Crippen LogP contribution >= 0.6 is 11.8 Å². The fraction of sp³-hybridized carbons (Fsp3) is 0.400. The maximum absolute atomic E-state index is 12.8. The van der Waals surface area contributed by atoms with E-state index in [2.05, 4.69) is 0 Å². The summed E-state index contributed by atoms with van der Waals surface area (Å²) in [6.45, 7) is 1.86. The molecular formula is C15H16FN3OS. The van der Waals surface area contributed by atoms with Crippen molar-refractivity contribution < 1.29 is 9.18 Å². The van der Waals surface area contributed by atoms with Crippen molar-refractivity contribution in [2.45, 2.75) is 18.6 Å². The van der Waals surface area contributed by atoms with Crippen molar-refractivity contribution in [1.82, 2.24) is 4.90 Å². The summed E-state index contributed by atoms with van der Waals surface area (Å²) in [4.78, 5) is 13.1. The lowest BCUT2D eigenvalue weighted by atomic mass is 10.2. The summed E-state index contributed by atoms with van der Waals surface area (Å²) in [6.07, 6.45) is 0.277. The molecule has 0 aliphatic carbocycles. The highest BCUT2D eigenvalue weighted by Crippen LogP contribution is 2.28. The molecule has 0 spiro atoms. The smallest absolute Gasteiger partial charge is 0.225 e. The Morgan fingerprint density at radius 1 is 1.29 bits per heavy atom. The molecule has 0 N–H and O–H groups in total. The van der Waals surface area contributed by atoms with Gasteiger partial charge in [-0.3, -0.25) is 4.79 Å². The highest BCUT2D eigenvalue weighted by Gasteiger charge is 2.13. The van der Waals surface area contributed by atoms with Gasteiger partial charge in [0.1, 0.15) is 18.9 Å². The van der Waals surface area contributed by atoms with E-state index in [0.717, 1.165) is 5.56 Å². The van der Waals surface area contributed by atoms with Gasteiger partial charge in [0.15, 0.2) is 0 Å². The predicted molar refractivity (Wildman–Crippen MR) is 79.7 cm³/mol. The van der Waals surface area contributed by atoms with Crippen LogP contribution in [-0.2, 0) is 4.79 Å². The van der Waals surface area contributed by atoms with Gasteiger partial charge in [0.25, 0.3) is 0 Å². The van der Waals surface area contributed by atoms with E-state index in [4.69, 9.17) is 10.5 Å². The number of thioether (sulfide) groups is 1. The molecule has 1 unspecified atom stereocenters. The second-order valence-electron chi connectivity index (χ2n) is 4.38. The second kappa shape index (κ2) is 8.99. The number of hydrogen-bond donors (Lipinski definition) is 0. The van der Waals surface area contributed by atoms with Gasteiger partial charge in [0.05, 0.1) is 12.1 Å². The molecular weight excluding hydrogens is 289 g/mol. The highest BCUT2D eigenvalue weighted by molar-refractivity contribution is 7.99. The Morgan fingerprint density at radius 3 is 2.38 bits per heavy atom. The van der Waals surface area contributed by atoms with Gasteiger partial charge in [0, 0.05) is 17.4 Å². The van der Waals surface area contributed by atoms with E-state index in [1.807, 2.05) is 19.1 Å². The molecule has 110 valence electrons. The number of benzene rings is 1. The van der Waals surface area contributed by atoms with Gasteiger partial charge in [-0.2, -0.15) is 22.3 Å². The molecule has 0 aromatic heterocycles. The van der Waals surface area contributed by atoms with Crippen molar-refractivity contribution in [2.24, 2.45) is 0 Å². The molecule has 0 saturated carbocycles. The topological polar surface area (TPSA) is 67.9 Å². The molecule has 6 heteroatoms. The molecule has 21 heavy (non-hydrogen) atoms. The van der Waals surface area contributed by atoms with Crippen LogP contribution in [0.1, 0.15) is 24.2 Å². The molecule has 0 aliphatic heterocycles. The van der Waals surface area contributed by atoms with Gasteiger partial charge < -0.3 is 4.90 Å². The number of rotatable bonds is 7. The van der Waals surface area contributed by atoms with Crippen molar-refractivity contribution in [3.63, 3.8) is 0 Å². The van der Waals surface area contributed by atoms with Crippen LogP contribution in [0.2, 0.25) is 0 Å². The Kier molecular flexibility index (Phi) is 7.28. The van der Waals surface area contributed by atoms with Gasteiger partial charge in [-0.15, -0.1) is 0 Å². The van der Waals surface area contributed by atoms with Crippen LogP contribution in [0.15, 0.2) is 24.3 Å². The third-order valence-corrected chi connectivity index (χ3v) is 4.11. The summed E-state index contributed by atoms with van der Waals surface area (Å²) in [6, 6.07) is 10.0. The second-order valence-corrected chi connectivity index (χ2v) is 5.83. The fourth-order valence-corrected chi connectivity index (χ4v) is 2.71. The van der Waals surface area contributed by atoms with Crippen LogP contribution in [0.25, 0.3) is 0 Å². The average Bonchev–Trinajstić information content (AvgIpc) is 2.47. The minimum atomic E-state index is -0.269. The SMILES string of the molecule is CC(SCCC(=O)N(CC#N)CC#N)c1ccc(F)cc1. The first-order valence-electron chi connectivity index (χ1n) is 6.47. The average molecular weight is 305 g/mol. The van der Waals surface area contributed by atoms with E-state index in [1.165, 1.54) is 17.0 Å². The van der Waals surface area contributed by atoms with Crippen LogP contribution in [0.3, 0.4) is 0 Å². The molecule has 1 atom stereocenters. The van der Waals surface area contributed by atoms with E-state index in [9.17, 15) is 9.18 Å². The van der Waals surface area contributed by atoms with Crippen LogP contribution in [-0.4, -0.2) is 29.6 Å². The first-order chi connectivity index (χ1) is 10.1. The zero-order chi connectivity index (χ0) is 15.7. The van der Waals surface area contributed by atoms with Crippen molar-refractivity contribution in [3.05, 3.63) is 35.6 Å². The number of hydrogen-bond acceptors (Lipinski definition) is 4. The van der Waals surface area contributed by atoms with E-state index in [1.54, 1.807) is 23.9 Å². The molecule has 1 aromatic rings. The zero-order valence-corrected chi connectivity index (χ0v) is 12.6.